The Hall–Kier alpha value is 0.470. The molecule has 0 fully saturated rings. The van der Waals surface area contributed by atoms with E-state index in [0.717, 1.165) is 0 Å². The minimum atomic E-state index is 0. The van der Waals surface area contributed by atoms with E-state index in [1.165, 1.54) is 6.92 Å². The van der Waals surface area contributed by atoms with Crippen LogP contribution in [0.3, 0.4) is 0 Å². The Morgan fingerprint density at radius 1 is 1.67 bits per heavy atom. The summed E-state index contributed by atoms with van der Waals surface area (Å²) in [5.41, 5.74) is 0. The molecule has 0 aromatic heterocycles. The molecule has 0 heterocycles. The number of carbonyl (C=O) groups excluding carboxylic acids is 1. The molecule has 0 aromatic carbocycles. The monoisotopic (exact) mass is 97.1 g/mol. The molecule has 0 unspecified atom stereocenters. The van der Waals surface area contributed by atoms with Gasteiger partial charge in [0.15, 0.2) is 0 Å². The van der Waals surface area contributed by atoms with Crippen molar-refractivity contribution in [1.82, 2.24) is 5.32 Å². The first-order valence-corrected chi connectivity index (χ1v) is 1.45. The quantitative estimate of drug-likeness (QED) is 0.390. The van der Waals surface area contributed by atoms with Gasteiger partial charge in [-0.3, -0.25) is 4.79 Å². The maximum absolute atomic E-state index is 9.70. The van der Waals surface area contributed by atoms with Gasteiger partial charge in [-0.1, -0.05) is 0 Å². The number of hydrogen-bond donors (Lipinski definition) is 1. The van der Waals surface area contributed by atoms with Crippen molar-refractivity contribution in [2.45, 2.75) is 6.92 Å². The Kier molecular flexibility index (Phi) is 8.83. The van der Waals surface area contributed by atoms with Gasteiger partial charge in [0.25, 0.3) is 0 Å². The third-order valence-electron chi connectivity index (χ3n) is 0.352. The summed E-state index contributed by atoms with van der Waals surface area (Å²) in [6.07, 6.45) is 0. The van der Waals surface area contributed by atoms with Gasteiger partial charge in [-0.15, -0.1) is 0 Å². The number of rotatable bonds is 0. The van der Waals surface area contributed by atoms with Crippen LogP contribution in [0.2, 0.25) is 0 Å². The maximum atomic E-state index is 9.70. The van der Waals surface area contributed by atoms with Crippen LogP contribution in [0.15, 0.2) is 0 Å². The van der Waals surface area contributed by atoms with Gasteiger partial charge in [0.1, 0.15) is 0 Å². The predicted molar refractivity (Wildman–Crippen MR) is 26.9 cm³/mol. The molecule has 0 atom stereocenters. The van der Waals surface area contributed by atoms with Gasteiger partial charge in [0.05, 0.1) is 0 Å². The molecule has 0 saturated carbocycles. The van der Waals surface area contributed by atoms with Crippen molar-refractivity contribution in [3.63, 3.8) is 0 Å². The van der Waals surface area contributed by atoms with Crippen molar-refractivity contribution < 1.29 is 4.79 Å². The Morgan fingerprint density at radius 3 is 1.83 bits per heavy atom. The van der Waals surface area contributed by atoms with E-state index < -0.39 is 0 Å². The molecule has 0 saturated heterocycles. The fourth-order valence-electron chi connectivity index (χ4n) is 0. The molecule has 32 valence electrons. The number of nitrogens with one attached hydrogen (secondary N) is 1. The van der Waals surface area contributed by atoms with Crippen LogP contribution in [0.25, 0.3) is 0 Å². The molecular weight excluding hydrogens is 89.0 g/mol. The Bertz CT molecular complexity index is 46.1. The second kappa shape index (κ2) is 5.47. The molecule has 2 nitrogen and oxygen atoms in total. The molecule has 0 radical (unpaired) electrons. The van der Waals surface area contributed by atoms with Gasteiger partial charge in [0, 0.05) is 14.0 Å². The second-order valence-electron chi connectivity index (χ2n) is 0.806. The number of carbonyl (C=O) groups is 1. The van der Waals surface area contributed by atoms with Gasteiger partial charge < -0.3 is 5.32 Å². The van der Waals surface area contributed by atoms with Gasteiger partial charge in [0.2, 0.25) is 5.91 Å². The molecule has 0 aliphatic carbocycles. The molecular formula is C3H8NNaO. The van der Waals surface area contributed by atoms with Crippen LogP contribution >= 0.6 is 0 Å². The normalized spacial score (nSPS) is 5.67. The van der Waals surface area contributed by atoms with E-state index in [2.05, 4.69) is 5.32 Å². The summed E-state index contributed by atoms with van der Waals surface area (Å²) in [7, 11) is 1.60. The fourth-order valence-corrected chi connectivity index (χ4v) is 0. The minimum absolute atomic E-state index is 0. The first kappa shape index (κ1) is 9.69. The Labute approximate surface area is 59.6 Å². The number of amides is 1. The Morgan fingerprint density at radius 2 is 1.83 bits per heavy atom. The van der Waals surface area contributed by atoms with Crippen molar-refractivity contribution in [3.05, 3.63) is 0 Å². The van der Waals surface area contributed by atoms with Crippen molar-refractivity contribution in [2.24, 2.45) is 0 Å². The van der Waals surface area contributed by atoms with Crippen LogP contribution < -0.4 is 5.32 Å². The first-order chi connectivity index (χ1) is 2.27. The molecule has 0 bridgehead atoms. The fraction of sp³-hybridized carbons (Fsp3) is 0.667. The van der Waals surface area contributed by atoms with Crippen LogP contribution in [-0.4, -0.2) is 42.5 Å². The zero-order valence-corrected chi connectivity index (χ0v) is 3.41. The molecule has 0 aliphatic heterocycles. The summed E-state index contributed by atoms with van der Waals surface area (Å²) in [6.45, 7) is 1.47. The summed E-state index contributed by atoms with van der Waals surface area (Å²) < 4.78 is 0. The number of hydrogen-bond acceptors (Lipinski definition) is 1. The van der Waals surface area contributed by atoms with Crippen molar-refractivity contribution in [2.75, 3.05) is 7.05 Å². The molecule has 0 spiro atoms. The van der Waals surface area contributed by atoms with E-state index in [9.17, 15) is 4.79 Å². The van der Waals surface area contributed by atoms with Crippen LogP contribution in [-0.2, 0) is 4.79 Å². The summed E-state index contributed by atoms with van der Waals surface area (Å²) in [6, 6.07) is 0. The Balaban J connectivity index is 0. The average Bonchev–Trinajstić information content (AvgIpc) is 1.38. The molecule has 1 N–H and O–H groups in total. The summed E-state index contributed by atoms with van der Waals surface area (Å²) >= 11 is 0. The van der Waals surface area contributed by atoms with Gasteiger partial charge in [-0.2, -0.15) is 0 Å². The van der Waals surface area contributed by atoms with E-state index in [1.54, 1.807) is 7.05 Å². The molecule has 0 rings (SSSR count). The molecule has 0 aliphatic rings. The van der Waals surface area contributed by atoms with Crippen molar-refractivity contribution in [3.8, 4) is 0 Å². The molecule has 0 aromatic rings. The van der Waals surface area contributed by atoms with Gasteiger partial charge in [-0.25, -0.2) is 0 Å². The standard InChI is InChI=1S/C3H7NO.Na.H/c1-3(5)4-2;;/h1-2H3,(H,4,5);;. The zero-order valence-electron chi connectivity index (χ0n) is 3.41. The van der Waals surface area contributed by atoms with Crippen LogP contribution in [0.1, 0.15) is 6.92 Å². The van der Waals surface area contributed by atoms with Crippen LogP contribution in [0.4, 0.5) is 0 Å². The SMILES string of the molecule is CNC(C)=O.[NaH]. The predicted octanol–water partition coefficient (Wildman–Crippen LogP) is -0.896. The molecule has 1 amide bonds. The molecule has 3 heteroatoms. The van der Waals surface area contributed by atoms with E-state index in [-0.39, 0.29) is 35.5 Å². The van der Waals surface area contributed by atoms with E-state index >= 15 is 0 Å². The third kappa shape index (κ3) is 8.82. The topological polar surface area (TPSA) is 29.1 Å². The summed E-state index contributed by atoms with van der Waals surface area (Å²) in [4.78, 5) is 9.70. The van der Waals surface area contributed by atoms with Crippen LogP contribution in [0.5, 0.6) is 0 Å². The van der Waals surface area contributed by atoms with Gasteiger partial charge >= 0.3 is 29.6 Å². The van der Waals surface area contributed by atoms with Crippen molar-refractivity contribution in [1.29, 1.82) is 0 Å². The van der Waals surface area contributed by atoms with E-state index in [1.807, 2.05) is 0 Å². The van der Waals surface area contributed by atoms with E-state index in [0.29, 0.717) is 0 Å². The third-order valence-corrected chi connectivity index (χ3v) is 0.352. The van der Waals surface area contributed by atoms with E-state index in [4.69, 9.17) is 0 Å². The summed E-state index contributed by atoms with van der Waals surface area (Å²) in [5, 5.41) is 2.39. The van der Waals surface area contributed by atoms with Gasteiger partial charge in [-0.05, 0) is 0 Å². The summed E-state index contributed by atoms with van der Waals surface area (Å²) in [5.74, 6) is 0.00463. The first-order valence-electron chi connectivity index (χ1n) is 1.45. The molecule has 6 heavy (non-hydrogen) atoms. The van der Waals surface area contributed by atoms with Crippen molar-refractivity contribution >= 4 is 35.5 Å². The second-order valence-corrected chi connectivity index (χ2v) is 0.806. The average molecular weight is 97.1 g/mol. The zero-order chi connectivity index (χ0) is 4.28. The van der Waals surface area contributed by atoms with Crippen LogP contribution in [0, 0.1) is 0 Å².